The summed E-state index contributed by atoms with van der Waals surface area (Å²) >= 11 is 0. The van der Waals surface area contributed by atoms with Crippen molar-refractivity contribution in [2.75, 3.05) is 12.5 Å². The van der Waals surface area contributed by atoms with Gasteiger partial charge in [0.15, 0.2) is 0 Å². The van der Waals surface area contributed by atoms with Crippen molar-refractivity contribution in [2.24, 2.45) is 0 Å². The molecule has 2 rings (SSSR count). The van der Waals surface area contributed by atoms with Gasteiger partial charge >= 0.3 is 0 Å². The van der Waals surface area contributed by atoms with Crippen LogP contribution in [0.1, 0.15) is 41.5 Å². The van der Waals surface area contributed by atoms with Gasteiger partial charge in [0, 0.05) is 12.5 Å². The molecule has 0 heterocycles. The van der Waals surface area contributed by atoms with Crippen molar-refractivity contribution in [1.82, 2.24) is 0 Å². The Hall–Kier alpha value is -1.61. The molecule has 0 radical (unpaired) electrons. The van der Waals surface area contributed by atoms with Gasteiger partial charge < -0.3 is 0 Å². The fraction of sp³-hybridized carbons (Fsp3) is 0.400. The van der Waals surface area contributed by atoms with Crippen molar-refractivity contribution in [1.29, 1.82) is 0 Å². The molecule has 2 aromatic carbocycles. The van der Waals surface area contributed by atoms with Crippen molar-refractivity contribution in [3.8, 4) is 0 Å². The molecule has 0 fully saturated rings. The van der Waals surface area contributed by atoms with Crippen molar-refractivity contribution < 1.29 is 8.42 Å². The van der Waals surface area contributed by atoms with Crippen molar-refractivity contribution in [2.45, 2.75) is 41.5 Å². The van der Waals surface area contributed by atoms with Gasteiger partial charge in [-0.15, -0.1) is 0 Å². The van der Waals surface area contributed by atoms with Crippen LogP contribution in [0.15, 0.2) is 72.8 Å². The molecular formula is C20H36O2S. The minimum Gasteiger partial charge on any atom is -0.229 e. The Morgan fingerprint density at radius 2 is 0.435 bits per heavy atom. The number of hydrogen-bond donors (Lipinski definition) is 0. The van der Waals surface area contributed by atoms with Crippen molar-refractivity contribution in [3.63, 3.8) is 0 Å². The molecular weight excluding hydrogens is 304 g/mol. The Labute approximate surface area is 145 Å². The first-order valence-corrected chi connectivity index (χ1v) is 10.4. The summed E-state index contributed by atoms with van der Waals surface area (Å²) in [5.41, 5.74) is 0. The van der Waals surface area contributed by atoms with Crippen LogP contribution >= 0.6 is 0 Å². The maximum atomic E-state index is 9.63. The monoisotopic (exact) mass is 340 g/mol. The number of benzene rings is 2. The van der Waals surface area contributed by atoms with Gasteiger partial charge in [0.1, 0.15) is 9.84 Å². The van der Waals surface area contributed by atoms with Crippen LogP contribution in [0.25, 0.3) is 0 Å². The first-order chi connectivity index (χ1) is 11.0. The third-order valence-corrected chi connectivity index (χ3v) is 1.33. The third-order valence-electron chi connectivity index (χ3n) is 1.33. The predicted molar refractivity (Wildman–Crippen MR) is 108 cm³/mol. The van der Waals surface area contributed by atoms with E-state index in [0.29, 0.717) is 0 Å². The lowest BCUT2D eigenvalue weighted by Crippen LogP contribution is -1.86. The quantitative estimate of drug-likeness (QED) is 0.579. The molecule has 0 aliphatic heterocycles. The summed E-state index contributed by atoms with van der Waals surface area (Å²) < 4.78 is 19.3. The van der Waals surface area contributed by atoms with E-state index in [2.05, 4.69) is 0 Å². The van der Waals surface area contributed by atoms with Gasteiger partial charge in [-0.25, -0.2) is 8.42 Å². The summed E-state index contributed by atoms with van der Waals surface area (Å²) in [6.07, 6.45) is 2.32. The Morgan fingerprint density at radius 3 is 0.478 bits per heavy atom. The number of hydrogen-bond acceptors (Lipinski definition) is 2. The Morgan fingerprint density at radius 1 is 0.391 bits per heavy atom. The summed E-state index contributed by atoms with van der Waals surface area (Å²) in [5.74, 6) is 0. The van der Waals surface area contributed by atoms with E-state index in [4.69, 9.17) is 0 Å². The molecule has 0 aromatic heterocycles. The predicted octanol–water partition coefficient (Wildman–Crippen LogP) is 6.11. The van der Waals surface area contributed by atoms with Crippen molar-refractivity contribution >= 4 is 9.84 Å². The molecule has 0 spiro atoms. The Balaban J connectivity index is -0.000000102. The van der Waals surface area contributed by atoms with E-state index in [1.165, 1.54) is 0 Å². The molecule has 3 heteroatoms. The molecule has 0 bridgehead atoms. The number of sulfone groups is 1. The third kappa shape index (κ3) is 63.9. The molecule has 134 valence electrons. The lowest BCUT2D eigenvalue weighted by atomic mass is 10.4. The summed E-state index contributed by atoms with van der Waals surface area (Å²) in [5, 5.41) is 0. The average molecular weight is 341 g/mol. The van der Waals surface area contributed by atoms with Gasteiger partial charge in [-0.2, -0.15) is 0 Å². The van der Waals surface area contributed by atoms with Gasteiger partial charge in [0.05, 0.1) is 0 Å². The highest BCUT2D eigenvalue weighted by atomic mass is 32.2. The van der Waals surface area contributed by atoms with Gasteiger partial charge in [0.25, 0.3) is 0 Å². The lowest BCUT2D eigenvalue weighted by Gasteiger charge is -1.69. The highest BCUT2D eigenvalue weighted by Crippen LogP contribution is 1.80. The van der Waals surface area contributed by atoms with Gasteiger partial charge in [-0.1, -0.05) is 114 Å². The second-order valence-corrected chi connectivity index (χ2v) is 5.74. The maximum absolute atomic E-state index is 9.63. The molecule has 0 unspecified atom stereocenters. The first-order valence-electron chi connectivity index (χ1n) is 8.15. The summed E-state index contributed by atoms with van der Waals surface area (Å²) in [4.78, 5) is 0. The van der Waals surface area contributed by atoms with Crippen LogP contribution in [0.5, 0.6) is 0 Å². The topological polar surface area (TPSA) is 34.1 Å². The highest BCUT2D eigenvalue weighted by Gasteiger charge is 1.79. The smallest absolute Gasteiger partial charge is 0.144 e. The zero-order valence-electron chi connectivity index (χ0n) is 16.2. The van der Waals surface area contributed by atoms with Gasteiger partial charge in [-0.3, -0.25) is 0 Å². The molecule has 23 heavy (non-hydrogen) atoms. The van der Waals surface area contributed by atoms with E-state index < -0.39 is 9.84 Å². The van der Waals surface area contributed by atoms with Gasteiger partial charge in [-0.05, 0) is 0 Å². The Bertz CT molecular complexity index is 359. The molecule has 0 aliphatic carbocycles. The normalized spacial score (nSPS) is 7.48. The van der Waals surface area contributed by atoms with Crippen LogP contribution in [0, 0.1) is 0 Å². The van der Waals surface area contributed by atoms with Gasteiger partial charge in [0.2, 0.25) is 0 Å². The van der Waals surface area contributed by atoms with Crippen LogP contribution in [-0.2, 0) is 9.84 Å². The summed E-state index contributed by atoms with van der Waals surface area (Å²) in [7, 11) is -2.67. The zero-order chi connectivity index (χ0) is 19.0. The van der Waals surface area contributed by atoms with Crippen LogP contribution in [-0.4, -0.2) is 20.9 Å². The van der Waals surface area contributed by atoms with E-state index in [0.717, 1.165) is 12.5 Å². The second kappa shape index (κ2) is 28.5. The fourth-order valence-electron chi connectivity index (χ4n) is 0.770. The zero-order valence-corrected chi connectivity index (χ0v) is 17.0. The standard InChI is InChI=1S/2C6H6.C2H6O2S.3C2H6/c2*1-2-4-6-5-3-1;1-5(2,3)4;3*1-2/h2*1-6H;1-2H3;3*1-2H3. The molecule has 0 amide bonds. The highest BCUT2D eigenvalue weighted by molar-refractivity contribution is 7.89. The van der Waals surface area contributed by atoms with E-state index in [1.54, 1.807) is 0 Å². The number of rotatable bonds is 0. The molecule has 0 atom stereocenters. The van der Waals surface area contributed by atoms with Crippen LogP contribution in [0.2, 0.25) is 0 Å². The first kappa shape index (κ1) is 29.4. The van der Waals surface area contributed by atoms with E-state index >= 15 is 0 Å². The minimum atomic E-state index is -2.67. The maximum Gasteiger partial charge on any atom is 0.144 e. The SMILES string of the molecule is CC.CC.CC.CS(C)(=O)=O.c1ccccc1.c1ccccc1. The largest absolute Gasteiger partial charge is 0.229 e. The van der Waals surface area contributed by atoms with Crippen LogP contribution < -0.4 is 0 Å². The molecule has 0 aliphatic rings. The summed E-state index contributed by atoms with van der Waals surface area (Å²) in [6, 6.07) is 24.0. The van der Waals surface area contributed by atoms with Crippen molar-refractivity contribution in [3.05, 3.63) is 72.8 Å². The minimum absolute atomic E-state index is 1.16. The fourth-order valence-corrected chi connectivity index (χ4v) is 0.770. The molecule has 2 nitrogen and oxygen atoms in total. The molecule has 0 N–H and O–H groups in total. The molecule has 2 aromatic rings. The van der Waals surface area contributed by atoms with E-state index in [9.17, 15) is 8.42 Å². The Kier molecular flexibility index (Phi) is 36.5. The van der Waals surface area contributed by atoms with Crippen LogP contribution in [0.3, 0.4) is 0 Å². The van der Waals surface area contributed by atoms with Crippen LogP contribution in [0.4, 0.5) is 0 Å². The second-order valence-electron chi connectivity index (χ2n) is 3.45. The molecule has 0 saturated heterocycles. The lowest BCUT2D eigenvalue weighted by molar-refractivity contribution is 0.607. The van der Waals surface area contributed by atoms with E-state index in [-0.39, 0.29) is 0 Å². The molecule has 0 saturated carbocycles. The summed E-state index contributed by atoms with van der Waals surface area (Å²) in [6.45, 7) is 12.0. The average Bonchev–Trinajstić information content (AvgIpc) is 2.62. The van der Waals surface area contributed by atoms with E-state index in [1.807, 2.05) is 114 Å².